The van der Waals surface area contributed by atoms with Crippen LogP contribution in [0.5, 0.6) is 0 Å². The summed E-state index contributed by atoms with van der Waals surface area (Å²) in [6.07, 6.45) is -0.974. The smallest absolute Gasteiger partial charge is 0.307 e. The maximum Gasteiger partial charge on any atom is 0.307 e. The molecule has 2 rings (SSSR count). The van der Waals surface area contributed by atoms with Crippen LogP contribution >= 0.6 is 7.37 Å². The molecule has 4 N–H and O–H groups in total. The lowest BCUT2D eigenvalue weighted by atomic mass is 10.1. The van der Waals surface area contributed by atoms with Gasteiger partial charge in [0.15, 0.2) is 0 Å². The van der Waals surface area contributed by atoms with Crippen LogP contribution in [0.3, 0.4) is 0 Å². The number of aromatic amines is 1. The fourth-order valence-corrected chi connectivity index (χ4v) is 4.46. The first-order chi connectivity index (χ1) is 11.2. The highest BCUT2D eigenvalue weighted by molar-refractivity contribution is 7.58. The molecule has 1 heterocycles. The lowest BCUT2D eigenvalue weighted by Crippen LogP contribution is -2.20. The third kappa shape index (κ3) is 4.24. The molecule has 0 bridgehead atoms. The van der Waals surface area contributed by atoms with Gasteiger partial charge in [-0.05, 0) is 30.9 Å². The van der Waals surface area contributed by atoms with Crippen molar-refractivity contribution in [2.24, 2.45) is 5.92 Å². The Labute approximate surface area is 138 Å². The summed E-state index contributed by atoms with van der Waals surface area (Å²) < 4.78 is 12.7. The number of aromatic nitrogens is 1. The van der Waals surface area contributed by atoms with Gasteiger partial charge in [-0.25, -0.2) is 0 Å². The largest absolute Gasteiger partial charge is 0.481 e. The number of carboxylic acid groups (broad SMARTS) is 2. The minimum atomic E-state index is -3.84. The molecule has 0 aliphatic carbocycles. The molecule has 7 nitrogen and oxygen atoms in total. The van der Waals surface area contributed by atoms with Crippen LogP contribution in [0.25, 0.3) is 10.9 Å². The van der Waals surface area contributed by atoms with E-state index in [4.69, 9.17) is 5.11 Å². The molecule has 130 valence electrons. The van der Waals surface area contributed by atoms with Gasteiger partial charge < -0.3 is 20.1 Å². The van der Waals surface area contributed by atoms with Crippen LogP contribution in [-0.4, -0.2) is 38.2 Å². The van der Waals surface area contributed by atoms with Crippen LogP contribution < -0.4 is 0 Å². The number of hydrogen-bond donors (Lipinski definition) is 4. The number of rotatable bonds is 8. The number of hydrogen-bond acceptors (Lipinski definition) is 3. The minimum Gasteiger partial charge on any atom is -0.481 e. The van der Waals surface area contributed by atoms with Crippen LogP contribution in [-0.2, 0) is 14.2 Å². The molecule has 2 aromatic rings. The normalized spacial score (nSPS) is 16.4. The van der Waals surface area contributed by atoms with Gasteiger partial charge in [-0.2, -0.15) is 0 Å². The average molecular weight is 353 g/mol. The molecule has 0 aliphatic rings. The summed E-state index contributed by atoms with van der Waals surface area (Å²) in [5.41, 5.74) is 0.626. The van der Waals surface area contributed by atoms with Crippen molar-refractivity contribution in [2.75, 3.05) is 6.16 Å². The van der Waals surface area contributed by atoms with Crippen LogP contribution in [0.2, 0.25) is 0 Å². The highest BCUT2D eigenvalue weighted by Gasteiger charge is 2.35. The van der Waals surface area contributed by atoms with E-state index in [1.807, 2.05) is 24.3 Å². The molecule has 24 heavy (non-hydrogen) atoms. The SMILES string of the molecule is CC(c1cc2ccccc2[nH]1)P(=O)(O)CC(CCC(=O)O)C(=O)O. The topological polar surface area (TPSA) is 128 Å². The van der Waals surface area contributed by atoms with Gasteiger partial charge in [-0.3, -0.25) is 14.2 Å². The van der Waals surface area contributed by atoms with Crippen molar-refractivity contribution in [3.05, 3.63) is 36.0 Å². The van der Waals surface area contributed by atoms with Crippen molar-refractivity contribution < 1.29 is 29.3 Å². The fraction of sp³-hybridized carbons (Fsp3) is 0.375. The first kappa shape index (κ1) is 18.2. The number of benzene rings is 1. The summed E-state index contributed by atoms with van der Waals surface area (Å²) in [7, 11) is -3.84. The van der Waals surface area contributed by atoms with Gasteiger partial charge in [0.05, 0.1) is 11.6 Å². The Kier molecular flexibility index (Phi) is 5.47. The van der Waals surface area contributed by atoms with Crippen molar-refractivity contribution in [2.45, 2.75) is 25.4 Å². The van der Waals surface area contributed by atoms with E-state index < -0.39 is 37.0 Å². The first-order valence-corrected chi connectivity index (χ1v) is 9.46. The number of nitrogens with one attached hydrogen (secondary N) is 1. The van der Waals surface area contributed by atoms with Crippen molar-refractivity contribution >= 4 is 30.2 Å². The highest BCUT2D eigenvalue weighted by atomic mass is 31.2. The van der Waals surface area contributed by atoms with Crippen LogP contribution in [0, 0.1) is 5.92 Å². The van der Waals surface area contributed by atoms with E-state index >= 15 is 0 Å². The summed E-state index contributed by atoms with van der Waals surface area (Å²) in [6, 6.07) is 9.20. The molecule has 3 atom stereocenters. The quantitative estimate of drug-likeness (QED) is 0.540. The van der Waals surface area contributed by atoms with Gasteiger partial charge in [0, 0.05) is 23.8 Å². The summed E-state index contributed by atoms with van der Waals surface area (Å²) in [4.78, 5) is 35.3. The maximum absolute atomic E-state index is 12.7. The van der Waals surface area contributed by atoms with Gasteiger partial charge in [-0.1, -0.05) is 18.2 Å². The predicted octanol–water partition coefficient (Wildman–Crippen LogP) is 3.06. The van der Waals surface area contributed by atoms with E-state index in [1.165, 1.54) is 0 Å². The second-order valence-corrected chi connectivity index (χ2v) is 8.54. The van der Waals surface area contributed by atoms with Gasteiger partial charge >= 0.3 is 11.9 Å². The average Bonchev–Trinajstić information content (AvgIpc) is 2.93. The zero-order valence-electron chi connectivity index (χ0n) is 13.2. The molecule has 0 amide bonds. The van der Waals surface area contributed by atoms with E-state index in [9.17, 15) is 24.2 Å². The van der Waals surface area contributed by atoms with Crippen molar-refractivity contribution in [3.8, 4) is 0 Å². The number of para-hydroxylation sites is 1. The molecule has 0 fully saturated rings. The summed E-state index contributed by atoms with van der Waals surface area (Å²) >= 11 is 0. The first-order valence-electron chi connectivity index (χ1n) is 7.54. The van der Waals surface area contributed by atoms with E-state index in [-0.39, 0.29) is 12.8 Å². The summed E-state index contributed by atoms with van der Waals surface area (Å²) in [6.45, 7) is 1.57. The number of carboxylic acids is 2. The number of carbonyl (C=O) groups is 2. The molecule has 3 unspecified atom stereocenters. The van der Waals surface area contributed by atoms with Crippen molar-refractivity contribution in [3.63, 3.8) is 0 Å². The van der Waals surface area contributed by atoms with E-state index in [0.717, 1.165) is 10.9 Å². The second-order valence-electron chi connectivity index (χ2n) is 5.89. The molecule has 8 heteroatoms. The van der Waals surface area contributed by atoms with Gasteiger partial charge in [0.1, 0.15) is 0 Å². The Hall–Kier alpha value is -2.11. The molecule has 1 aromatic heterocycles. The van der Waals surface area contributed by atoms with Crippen LogP contribution in [0.1, 0.15) is 31.1 Å². The Morgan fingerprint density at radius 2 is 1.92 bits per heavy atom. The Morgan fingerprint density at radius 1 is 1.25 bits per heavy atom. The minimum absolute atomic E-state index is 0.172. The fourth-order valence-electron chi connectivity index (χ4n) is 2.60. The summed E-state index contributed by atoms with van der Waals surface area (Å²) in [5, 5.41) is 18.8. The van der Waals surface area contributed by atoms with Crippen LogP contribution in [0.15, 0.2) is 30.3 Å². The zero-order chi connectivity index (χ0) is 17.9. The van der Waals surface area contributed by atoms with Crippen molar-refractivity contribution in [1.29, 1.82) is 0 Å². The highest BCUT2D eigenvalue weighted by Crippen LogP contribution is 2.56. The van der Waals surface area contributed by atoms with Gasteiger partial charge in [-0.15, -0.1) is 0 Å². The Balaban J connectivity index is 2.18. The van der Waals surface area contributed by atoms with Gasteiger partial charge in [0.2, 0.25) is 7.37 Å². The molecular formula is C16H20NO6P. The number of fused-ring (bicyclic) bond motifs is 1. The van der Waals surface area contributed by atoms with E-state index in [2.05, 4.69) is 4.98 Å². The zero-order valence-corrected chi connectivity index (χ0v) is 14.1. The second kappa shape index (κ2) is 7.20. The monoisotopic (exact) mass is 353 g/mol. The molecule has 0 aliphatic heterocycles. The number of aliphatic carboxylic acids is 2. The predicted molar refractivity (Wildman–Crippen MR) is 89.4 cm³/mol. The summed E-state index contributed by atoms with van der Waals surface area (Å²) in [5.74, 6) is -3.55. The molecule has 0 radical (unpaired) electrons. The molecular weight excluding hydrogens is 333 g/mol. The van der Waals surface area contributed by atoms with Crippen molar-refractivity contribution in [1.82, 2.24) is 4.98 Å². The molecule has 0 saturated carbocycles. The Bertz CT molecular complexity index is 766. The molecule has 0 spiro atoms. The Morgan fingerprint density at radius 3 is 2.50 bits per heavy atom. The lowest BCUT2D eigenvalue weighted by Gasteiger charge is -2.21. The maximum atomic E-state index is 12.7. The third-order valence-corrected chi connectivity index (χ3v) is 6.60. The van der Waals surface area contributed by atoms with Gasteiger partial charge in [0.25, 0.3) is 0 Å². The standard InChI is InChI=1S/C16H20NO6P/c1-10(14-8-11-4-2-3-5-13(11)17-14)24(22,23)9-12(16(20)21)6-7-15(18)19/h2-5,8,10,12,17H,6-7,9H2,1H3,(H,18,19)(H,20,21)(H,22,23). The molecule has 0 saturated heterocycles. The molecule has 1 aromatic carbocycles. The van der Waals surface area contributed by atoms with E-state index in [0.29, 0.717) is 5.69 Å². The lowest BCUT2D eigenvalue weighted by molar-refractivity contribution is -0.142. The third-order valence-electron chi connectivity index (χ3n) is 4.14. The van der Waals surface area contributed by atoms with E-state index in [1.54, 1.807) is 13.0 Å². The number of H-pyrrole nitrogens is 1. The van der Waals surface area contributed by atoms with Crippen LogP contribution in [0.4, 0.5) is 0 Å².